The molecule has 0 aromatic heterocycles. The van der Waals surface area contributed by atoms with E-state index in [2.05, 4.69) is 38.8 Å². The van der Waals surface area contributed by atoms with Gasteiger partial charge in [-0.25, -0.2) is 0 Å². The average Bonchev–Trinajstić information content (AvgIpc) is 2.64. The molecule has 0 fully saturated rings. The van der Waals surface area contributed by atoms with Gasteiger partial charge in [-0.15, -0.1) is 0 Å². The minimum absolute atomic E-state index is 0.699. The van der Waals surface area contributed by atoms with Gasteiger partial charge in [0.05, 0.1) is 0 Å². The van der Waals surface area contributed by atoms with Crippen molar-refractivity contribution in [3.63, 3.8) is 0 Å². The predicted molar refractivity (Wildman–Crippen MR) is 45.0 cm³/mol. The van der Waals surface area contributed by atoms with Crippen LogP contribution < -0.4 is 0 Å². The molecule has 0 aromatic carbocycles. The third-order valence-electron chi connectivity index (χ3n) is 2.22. The summed E-state index contributed by atoms with van der Waals surface area (Å²) in [5, 5.41) is 0. The highest BCUT2D eigenvalue weighted by atomic mass is 15.1. The maximum atomic E-state index is 2.37. The standard InChI is InChI=1S/C9H17N/c1-5-10(4)9-6-8(9)7(2)3/h6-7,9H,5H2,1-4H3. The monoisotopic (exact) mass is 139 g/mol. The minimum Gasteiger partial charge on any atom is -0.296 e. The van der Waals surface area contributed by atoms with E-state index in [1.54, 1.807) is 5.57 Å². The molecule has 0 aliphatic heterocycles. The summed E-state index contributed by atoms with van der Waals surface area (Å²) in [6.07, 6.45) is 2.36. The third kappa shape index (κ3) is 1.40. The number of nitrogens with zero attached hydrogens (tertiary/aromatic N) is 1. The summed E-state index contributed by atoms with van der Waals surface area (Å²) in [4.78, 5) is 2.37. The van der Waals surface area contributed by atoms with Crippen molar-refractivity contribution >= 4 is 0 Å². The van der Waals surface area contributed by atoms with Crippen molar-refractivity contribution in [1.82, 2.24) is 4.90 Å². The second kappa shape index (κ2) is 2.75. The fraction of sp³-hybridized carbons (Fsp3) is 0.778. The van der Waals surface area contributed by atoms with E-state index in [1.807, 2.05) is 0 Å². The maximum Gasteiger partial charge on any atom is 0.0494 e. The van der Waals surface area contributed by atoms with E-state index in [-0.39, 0.29) is 0 Å². The van der Waals surface area contributed by atoms with Crippen molar-refractivity contribution in [2.24, 2.45) is 5.92 Å². The Labute approximate surface area is 63.7 Å². The topological polar surface area (TPSA) is 3.24 Å². The van der Waals surface area contributed by atoms with Crippen LogP contribution >= 0.6 is 0 Å². The molecule has 1 nitrogen and oxygen atoms in total. The SMILES string of the molecule is CCN(C)C1C=C1C(C)C. The van der Waals surface area contributed by atoms with E-state index >= 15 is 0 Å². The molecule has 1 aliphatic rings. The smallest absolute Gasteiger partial charge is 0.0494 e. The van der Waals surface area contributed by atoms with Gasteiger partial charge in [0.15, 0.2) is 0 Å². The van der Waals surface area contributed by atoms with E-state index in [0.717, 1.165) is 12.5 Å². The Kier molecular flexibility index (Phi) is 2.14. The highest BCUT2D eigenvalue weighted by molar-refractivity contribution is 5.36. The first-order valence-electron chi connectivity index (χ1n) is 4.08. The summed E-state index contributed by atoms with van der Waals surface area (Å²) in [7, 11) is 2.18. The lowest BCUT2D eigenvalue weighted by molar-refractivity contribution is 0.349. The lowest BCUT2D eigenvalue weighted by Gasteiger charge is -2.15. The van der Waals surface area contributed by atoms with Gasteiger partial charge in [-0.05, 0) is 25.1 Å². The molecule has 10 heavy (non-hydrogen) atoms. The van der Waals surface area contributed by atoms with Crippen molar-refractivity contribution in [3.8, 4) is 0 Å². The molecular weight excluding hydrogens is 122 g/mol. The molecule has 0 heterocycles. The van der Waals surface area contributed by atoms with Crippen LogP contribution in [0.3, 0.4) is 0 Å². The molecular formula is C9H17N. The van der Waals surface area contributed by atoms with E-state index < -0.39 is 0 Å². The Balaban J connectivity index is 2.29. The normalized spacial score (nSPS) is 23.8. The summed E-state index contributed by atoms with van der Waals surface area (Å²) in [5.74, 6) is 0.749. The van der Waals surface area contributed by atoms with E-state index in [4.69, 9.17) is 0 Å². The molecule has 58 valence electrons. The summed E-state index contributed by atoms with van der Waals surface area (Å²) < 4.78 is 0. The van der Waals surface area contributed by atoms with Crippen LogP contribution in [0.1, 0.15) is 20.8 Å². The molecule has 0 N–H and O–H groups in total. The van der Waals surface area contributed by atoms with Crippen LogP contribution in [0.4, 0.5) is 0 Å². The maximum absolute atomic E-state index is 2.37. The van der Waals surface area contributed by atoms with Crippen LogP contribution in [-0.4, -0.2) is 24.5 Å². The first-order valence-corrected chi connectivity index (χ1v) is 4.08. The largest absolute Gasteiger partial charge is 0.296 e. The molecule has 0 amide bonds. The summed E-state index contributed by atoms with van der Waals surface area (Å²) >= 11 is 0. The number of hydrogen-bond donors (Lipinski definition) is 0. The van der Waals surface area contributed by atoms with Gasteiger partial charge in [0.2, 0.25) is 0 Å². The van der Waals surface area contributed by atoms with Crippen molar-refractivity contribution in [1.29, 1.82) is 0 Å². The van der Waals surface area contributed by atoms with E-state index in [1.165, 1.54) is 0 Å². The molecule has 0 radical (unpaired) electrons. The fourth-order valence-corrected chi connectivity index (χ4v) is 1.25. The van der Waals surface area contributed by atoms with Gasteiger partial charge in [-0.3, -0.25) is 4.90 Å². The molecule has 0 spiro atoms. The summed E-state index contributed by atoms with van der Waals surface area (Å²) in [6.45, 7) is 7.87. The van der Waals surface area contributed by atoms with Crippen LogP contribution in [0.5, 0.6) is 0 Å². The van der Waals surface area contributed by atoms with Gasteiger partial charge in [0.25, 0.3) is 0 Å². The molecule has 0 aromatic rings. The molecule has 1 heteroatoms. The van der Waals surface area contributed by atoms with Crippen LogP contribution in [0, 0.1) is 5.92 Å². The molecule has 1 aliphatic carbocycles. The Bertz CT molecular complexity index is 147. The van der Waals surface area contributed by atoms with Gasteiger partial charge in [-0.1, -0.05) is 26.8 Å². The Morgan fingerprint density at radius 2 is 2.20 bits per heavy atom. The first kappa shape index (κ1) is 7.80. The second-order valence-corrected chi connectivity index (χ2v) is 3.34. The number of likely N-dealkylation sites (N-methyl/N-ethyl adjacent to an activating group) is 1. The van der Waals surface area contributed by atoms with E-state index in [9.17, 15) is 0 Å². The fourth-order valence-electron chi connectivity index (χ4n) is 1.25. The quantitative estimate of drug-likeness (QED) is 0.540. The second-order valence-electron chi connectivity index (χ2n) is 3.34. The molecule has 0 saturated heterocycles. The molecule has 1 unspecified atom stereocenters. The van der Waals surface area contributed by atoms with Crippen molar-refractivity contribution in [2.45, 2.75) is 26.8 Å². The van der Waals surface area contributed by atoms with Crippen LogP contribution in [0.15, 0.2) is 11.6 Å². The predicted octanol–water partition coefficient (Wildman–Crippen LogP) is 1.90. The van der Waals surface area contributed by atoms with Gasteiger partial charge in [0.1, 0.15) is 0 Å². The lowest BCUT2D eigenvalue weighted by atomic mass is 10.1. The zero-order valence-corrected chi connectivity index (χ0v) is 7.39. The van der Waals surface area contributed by atoms with Crippen LogP contribution in [0.25, 0.3) is 0 Å². The Morgan fingerprint density at radius 1 is 1.60 bits per heavy atom. The van der Waals surface area contributed by atoms with E-state index in [0.29, 0.717) is 6.04 Å². The third-order valence-corrected chi connectivity index (χ3v) is 2.22. The molecule has 1 atom stereocenters. The molecule has 0 bridgehead atoms. The lowest BCUT2D eigenvalue weighted by Crippen LogP contribution is -2.23. The van der Waals surface area contributed by atoms with Gasteiger partial charge in [0, 0.05) is 6.04 Å². The Hall–Kier alpha value is -0.300. The number of hydrogen-bond acceptors (Lipinski definition) is 1. The Morgan fingerprint density at radius 3 is 2.50 bits per heavy atom. The van der Waals surface area contributed by atoms with Crippen molar-refractivity contribution in [3.05, 3.63) is 11.6 Å². The minimum atomic E-state index is 0.699. The van der Waals surface area contributed by atoms with Gasteiger partial charge < -0.3 is 0 Å². The zero-order chi connectivity index (χ0) is 7.72. The highest BCUT2D eigenvalue weighted by Crippen LogP contribution is 2.31. The summed E-state index contributed by atoms with van der Waals surface area (Å²) in [6, 6.07) is 0.699. The van der Waals surface area contributed by atoms with Crippen LogP contribution in [-0.2, 0) is 0 Å². The zero-order valence-electron chi connectivity index (χ0n) is 7.39. The number of rotatable bonds is 3. The molecule has 1 rings (SSSR count). The van der Waals surface area contributed by atoms with Gasteiger partial charge in [-0.2, -0.15) is 0 Å². The van der Waals surface area contributed by atoms with Crippen LogP contribution in [0.2, 0.25) is 0 Å². The van der Waals surface area contributed by atoms with Crippen molar-refractivity contribution < 1.29 is 0 Å². The average molecular weight is 139 g/mol. The first-order chi connectivity index (χ1) is 4.66. The summed E-state index contributed by atoms with van der Waals surface area (Å²) in [5.41, 5.74) is 1.62. The van der Waals surface area contributed by atoms with Crippen molar-refractivity contribution in [2.75, 3.05) is 13.6 Å². The molecule has 0 saturated carbocycles. The highest BCUT2D eigenvalue weighted by Gasteiger charge is 2.29. The van der Waals surface area contributed by atoms with Gasteiger partial charge >= 0.3 is 0 Å².